The van der Waals surface area contributed by atoms with Crippen molar-refractivity contribution in [3.63, 3.8) is 0 Å². The molecule has 25 heavy (non-hydrogen) atoms. The van der Waals surface area contributed by atoms with E-state index in [9.17, 15) is 14.7 Å². The number of carbonyl (C=O) groups excluding carboxylic acids is 1. The van der Waals surface area contributed by atoms with Crippen LogP contribution in [-0.2, 0) is 11.3 Å². The van der Waals surface area contributed by atoms with Crippen LogP contribution in [0.1, 0.15) is 18.0 Å². The first-order valence-corrected chi connectivity index (χ1v) is 8.07. The first kappa shape index (κ1) is 16.9. The zero-order chi connectivity index (χ0) is 17.8. The van der Waals surface area contributed by atoms with E-state index in [1.54, 1.807) is 36.3 Å². The number of carbonyl (C=O) groups is 1. The number of aromatic nitrogens is 3. The molecule has 3 aromatic rings. The third kappa shape index (κ3) is 3.46. The zero-order valence-corrected chi connectivity index (χ0v) is 13.9. The van der Waals surface area contributed by atoms with Gasteiger partial charge in [0.05, 0.1) is 6.04 Å². The van der Waals surface area contributed by atoms with E-state index >= 15 is 0 Å². The number of hydrogen-bond acceptors (Lipinski definition) is 4. The number of likely N-dealkylation sites (N-methyl/N-ethyl adjacent to an activating group) is 1. The van der Waals surface area contributed by atoms with Crippen LogP contribution in [0, 0.1) is 0 Å². The molecule has 1 atom stereocenters. The molecular formula is C18H20N4O3. The second kappa shape index (κ2) is 7.31. The molecule has 1 N–H and O–H groups in total. The molecule has 0 spiro atoms. The third-order valence-corrected chi connectivity index (χ3v) is 4.22. The normalized spacial score (nSPS) is 12.2. The number of hydrogen-bond donors (Lipinski definition) is 1. The van der Waals surface area contributed by atoms with Crippen LogP contribution in [-0.4, -0.2) is 43.7 Å². The lowest BCUT2D eigenvalue weighted by molar-refractivity contribution is -0.133. The Morgan fingerprint density at radius 3 is 2.60 bits per heavy atom. The highest BCUT2D eigenvalue weighted by molar-refractivity contribution is 5.76. The second-order valence-corrected chi connectivity index (χ2v) is 5.81. The van der Waals surface area contributed by atoms with Crippen LogP contribution in [0.15, 0.2) is 59.5 Å². The molecule has 7 heteroatoms. The highest BCUT2D eigenvalue weighted by Crippen LogP contribution is 2.22. The monoisotopic (exact) mass is 340 g/mol. The predicted octanol–water partition coefficient (Wildman–Crippen LogP) is 1.08. The van der Waals surface area contributed by atoms with Crippen molar-refractivity contribution in [1.29, 1.82) is 0 Å². The lowest BCUT2D eigenvalue weighted by Crippen LogP contribution is -2.37. The zero-order valence-electron chi connectivity index (χ0n) is 13.9. The SMILES string of the molecule is CN(C(=O)Cn1nc2ccccn2c1=O)C(CCO)c1ccccc1. The summed E-state index contributed by atoms with van der Waals surface area (Å²) in [5.41, 5.74) is 1.09. The molecule has 0 aliphatic rings. The molecule has 0 saturated carbocycles. The summed E-state index contributed by atoms with van der Waals surface area (Å²) in [5.74, 6) is -0.243. The van der Waals surface area contributed by atoms with Crippen LogP contribution < -0.4 is 5.69 Å². The summed E-state index contributed by atoms with van der Waals surface area (Å²) >= 11 is 0. The van der Waals surface area contributed by atoms with Crippen molar-refractivity contribution >= 4 is 11.6 Å². The summed E-state index contributed by atoms with van der Waals surface area (Å²) < 4.78 is 2.56. The Labute approximate surface area is 144 Å². The van der Waals surface area contributed by atoms with Gasteiger partial charge < -0.3 is 10.0 Å². The van der Waals surface area contributed by atoms with Gasteiger partial charge in [0.15, 0.2) is 5.65 Å². The molecule has 130 valence electrons. The molecule has 7 nitrogen and oxygen atoms in total. The van der Waals surface area contributed by atoms with Gasteiger partial charge >= 0.3 is 5.69 Å². The first-order valence-electron chi connectivity index (χ1n) is 8.07. The first-order chi connectivity index (χ1) is 12.1. The Bertz CT molecular complexity index is 917. The maximum absolute atomic E-state index is 12.7. The fourth-order valence-corrected chi connectivity index (χ4v) is 2.87. The number of benzene rings is 1. The minimum atomic E-state index is -0.351. The van der Waals surface area contributed by atoms with Crippen LogP contribution in [0.3, 0.4) is 0 Å². The minimum absolute atomic E-state index is 0.0362. The molecule has 0 radical (unpaired) electrons. The summed E-state index contributed by atoms with van der Waals surface area (Å²) in [6.45, 7) is -0.183. The van der Waals surface area contributed by atoms with Gasteiger partial charge in [-0.15, -0.1) is 5.10 Å². The number of amides is 1. The Balaban J connectivity index is 1.83. The molecule has 0 fully saturated rings. The molecule has 0 saturated heterocycles. The van der Waals surface area contributed by atoms with Gasteiger partial charge in [-0.05, 0) is 24.1 Å². The fourth-order valence-electron chi connectivity index (χ4n) is 2.87. The number of nitrogens with zero attached hydrogens (tertiary/aromatic N) is 4. The van der Waals surface area contributed by atoms with E-state index in [4.69, 9.17) is 0 Å². The summed E-state index contributed by atoms with van der Waals surface area (Å²) in [4.78, 5) is 26.5. The number of fused-ring (bicyclic) bond motifs is 1. The lowest BCUT2D eigenvalue weighted by Gasteiger charge is -2.28. The summed E-state index contributed by atoms with van der Waals surface area (Å²) in [5, 5.41) is 13.5. The third-order valence-electron chi connectivity index (χ3n) is 4.22. The van der Waals surface area contributed by atoms with E-state index in [1.807, 2.05) is 30.3 Å². The van der Waals surface area contributed by atoms with Crippen molar-refractivity contribution in [1.82, 2.24) is 19.1 Å². The van der Waals surface area contributed by atoms with Gasteiger partial charge in [0, 0.05) is 19.9 Å². The van der Waals surface area contributed by atoms with Gasteiger partial charge in [-0.3, -0.25) is 9.20 Å². The van der Waals surface area contributed by atoms with Crippen molar-refractivity contribution in [2.75, 3.05) is 13.7 Å². The van der Waals surface area contributed by atoms with Crippen LogP contribution >= 0.6 is 0 Å². The van der Waals surface area contributed by atoms with E-state index in [-0.39, 0.29) is 30.8 Å². The Hall–Kier alpha value is -2.93. The van der Waals surface area contributed by atoms with Gasteiger partial charge in [0.2, 0.25) is 5.91 Å². The highest BCUT2D eigenvalue weighted by Gasteiger charge is 2.22. The molecule has 1 unspecified atom stereocenters. The second-order valence-electron chi connectivity index (χ2n) is 5.81. The predicted molar refractivity (Wildman–Crippen MR) is 93.1 cm³/mol. The van der Waals surface area contributed by atoms with Crippen molar-refractivity contribution < 1.29 is 9.90 Å². The van der Waals surface area contributed by atoms with E-state index < -0.39 is 0 Å². The Morgan fingerprint density at radius 2 is 1.92 bits per heavy atom. The molecule has 1 amide bonds. The Kier molecular flexibility index (Phi) is 4.95. The molecule has 0 bridgehead atoms. The molecule has 0 aliphatic heterocycles. The van der Waals surface area contributed by atoms with E-state index in [0.29, 0.717) is 12.1 Å². The average molecular weight is 340 g/mol. The summed E-state index contributed by atoms with van der Waals surface area (Å²) in [7, 11) is 1.68. The molecule has 0 aliphatic carbocycles. The van der Waals surface area contributed by atoms with Crippen molar-refractivity contribution in [3.8, 4) is 0 Å². The van der Waals surface area contributed by atoms with Gasteiger partial charge in [-0.25, -0.2) is 9.48 Å². The fraction of sp³-hybridized carbons (Fsp3) is 0.278. The molecular weight excluding hydrogens is 320 g/mol. The molecule has 2 aromatic heterocycles. The maximum atomic E-state index is 12.7. The molecule has 2 heterocycles. The van der Waals surface area contributed by atoms with Crippen molar-refractivity contribution in [2.24, 2.45) is 0 Å². The van der Waals surface area contributed by atoms with Crippen LogP contribution in [0.4, 0.5) is 0 Å². The van der Waals surface area contributed by atoms with E-state index in [1.165, 1.54) is 4.40 Å². The van der Waals surface area contributed by atoms with Gasteiger partial charge in [-0.1, -0.05) is 36.4 Å². The van der Waals surface area contributed by atoms with Gasteiger partial charge in [0.25, 0.3) is 0 Å². The number of aliphatic hydroxyl groups is 1. The van der Waals surface area contributed by atoms with Crippen LogP contribution in [0.25, 0.3) is 5.65 Å². The summed E-state index contributed by atoms with van der Waals surface area (Å²) in [6.07, 6.45) is 2.04. The quantitative estimate of drug-likeness (QED) is 0.728. The van der Waals surface area contributed by atoms with Crippen LogP contribution in [0.5, 0.6) is 0 Å². The van der Waals surface area contributed by atoms with E-state index in [2.05, 4.69) is 5.10 Å². The minimum Gasteiger partial charge on any atom is -0.396 e. The van der Waals surface area contributed by atoms with Crippen molar-refractivity contribution in [2.45, 2.75) is 19.0 Å². The maximum Gasteiger partial charge on any atom is 0.350 e. The largest absolute Gasteiger partial charge is 0.396 e. The standard InChI is InChI=1S/C18H20N4O3/c1-20(15(10-12-23)14-7-3-2-4-8-14)17(24)13-22-18(25)21-11-6-5-9-16(21)19-22/h2-9,11,15,23H,10,12-13H2,1H3. The Morgan fingerprint density at radius 1 is 1.20 bits per heavy atom. The topological polar surface area (TPSA) is 79.8 Å². The average Bonchev–Trinajstić information content (AvgIpc) is 2.96. The van der Waals surface area contributed by atoms with Gasteiger partial charge in [-0.2, -0.15) is 0 Å². The molecule has 3 rings (SSSR count). The van der Waals surface area contributed by atoms with Crippen LogP contribution in [0.2, 0.25) is 0 Å². The smallest absolute Gasteiger partial charge is 0.350 e. The number of rotatable bonds is 6. The van der Waals surface area contributed by atoms with Crippen molar-refractivity contribution in [3.05, 3.63) is 70.8 Å². The molecule has 1 aromatic carbocycles. The van der Waals surface area contributed by atoms with Gasteiger partial charge in [0.1, 0.15) is 6.54 Å². The summed E-state index contributed by atoms with van der Waals surface area (Å²) in [6, 6.07) is 14.5. The number of aliphatic hydroxyl groups excluding tert-OH is 1. The lowest BCUT2D eigenvalue weighted by atomic mass is 10.0. The number of pyridine rings is 1. The highest BCUT2D eigenvalue weighted by atomic mass is 16.3. The van der Waals surface area contributed by atoms with E-state index in [0.717, 1.165) is 10.2 Å².